The fourth-order valence-corrected chi connectivity index (χ4v) is 12.6. The molecular weight excluding hydrogens is 1070 g/mol. The zero-order valence-corrected chi connectivity index (χ0v) is 52.8. The topological polar surface area (TPSA) is 248 Å². The summed E-state index contributed by atoms with van der Waals surface area (Å²) in [7, 11) is 4.32. The van der Waals surface area contributed by atoms with E-state index < -0.39 is 145 Å². The molecule has 0 radical (unpaired) electrons. The third kappa shape index (κ3) is 18.2. The maximum Gasteiger partial charge on any atom is 0.410 e. The summed E-state index contributed by atoms with van der Waals surface area (Å²) in [5.74, 6) is -6.80. The molecule has 82 heavy (non-hydrogen) atoms. The van der Waals surface area contributed by atoms with Gasteiger partial charge in [-0.2, -0.15) is 0 Å². The van der Waals surface area contributed by atoms with Gasteiger partial charge >= 0.3 is 18.0 Å². The zero-order chi connectivity index (χ0) is 61.1. The molecule has 0 saturated carbocycles. The number of amides is 1. The standard InChI is InChI=1S/C60H105N3O19/c1-31(2)20-21-62-29-38(10)75-46(25-35(62)7)79-52-39(11)49(81-57-48(66)44(61-72-19)26-36(8)76-57)33(5)27-60(16,82-59(69)63-22-23-73-37(9)28-63)55(67)41(13)51(78-45(64)24-32(3)4)40(12)50(80-56(68)42(52)14)34(6)30-74-58-54(71-18)53(70-17)47(65)43(15)77-58/h31-43,46-54,57-58,65-66H,20-30H2,1-19H3/b61-44+/t33-,34-,35?,36+,37-,38-,39+,40-,41+,42+,43+,46-,47+,48+,49-,50+,51+,52-,53+,54+,57-,58+,60-/m0/s1. The lowest BCUT2D eigenvalue weighted by atomic mass is 9.74. The van der Waals surface area contributed by atoms with E-state index in [9.17, 15) is 19.8 Å². The highest BCUT2D eigenvalue weighted by molar-refractivity contribution is 5.92. The molecule has 2 N–H and O–H groups in total. The van der Waals surface area contributed by atoms with E-state index in [2.05, 4.69) is 30.8 Å². The second-order valence-electron chi connectivity index (χ2n) is 25.5. The Hall–Kier alpha value is -3.13. The molecule has 0 bridgehead atoms. The molecule has 5 aliphatic heterocycles. The van der Waals surface area contributed by atoms with E-state index in [1.54, 1.807) is 34.6 Å². The first kappa shape index (κ1) is 69.6. The molecule has 1 amide bonds. The highest BCUT2D eigenvalue weighted by Crippen LogP contribution is 2.41. The summed E-state index contributed by atoms with van der Waals surface area (Å²) in [6, 6.07) is 0.0250. The Labute approximate surface area is 488 Å². The van der Waals surface area contributed by atoms with Gasteiger partial charge in [0, 0.05) is 70.4 Å². The predicted octanol–water partition coefficient (Wildman–Crippen LogP) is 6.55. The second-order valence-corrected chi connectivity index (χ2v) is 25.5. The molecule has 22 nitrogen and oxygen atoms in total. The van der Waals surface area contributed by atoms with Crippen molar-refractivity contribution >= 4 is 29.5 Å². The van der Waals surface area contributed by atoms with E-state index in [0.29, 0.717) is 24.6 Å². The first-order chi connectivity index (χ1) is 38.5. The second kappa shape index (κ2) is 31.5. The van der Waals surface area contributed by atoms with Gasteiger partial charge < -0.3 is 76.8 Å². The first-order valence-corrected chi connectivity index (χ1v) is 30.2. The number of cyclic esters (lactones) is 1. The molecule has 0 aromatic carbocycles. The predicted molar refractivity (Wildman–Crippen MR) is 302 cm³/mol. The number of Topliss-reactive ketones (excluding diaryl/α,β-unsaturated/α-hetero) is 1. The molecule has 0 aliphatic carbocycles. The van der Waals surface area contributed by atoms with Crippen molar-refractivity contribution in [3.63, 3.8) is 0 Å². The Balaban J connectivity index is 1.72. The number of hydrogen-bond acceptors (Lipinski definition) is 21. The first-order valence-electron chi connectivity index (χ1n) is 30.2. The van der Waals surface area contributed by atoms with Crippen molar-refractivity contribution in [2.45, 2.75) is 247 Å². The average Bonchev–Trinajstić information content (AvgIpc) is 3.64. The largest absolute Gasteiger partial charge is 0.461 e. The van der Waals surface area contributed by atoms with Crippen LogP contribution in [0.5, 0.6) is 0 Å². The molecule has 1 unspecified atom stereocenters. The van der Waals surface area contributed by atoms with E-state index in [1.165, 1.54) is 26.2 Å². The molecule has 0 aromatic rings. The fraction of sp³-hybridized carbons (Fsp3) is 0.917. The zero-order valence-electron chi connectivity index (χ0n) is 52.8. The maximum atomic E-state index is 16.0. The molecule has 474 valence electrons. The van der Waals surface area contributed by atoms with Gasteiger partial charge in [0.1, 0.15) is 43.7 Å². The Morgan fingerprint density at radius 2 is 1.45 bits per heavy atom. The number of aliphatic hydroxyl groups is 2. The average molecular weight is 1170 g/mol. The van der Waals surface area contributed by atoms with Crippen LogP contribution >= 0.6 is 0 Å². The summed E-state index contributed by atoms with van der Waals surface area (Å²) < 4.78 is 77.0. The Morgan fingerprint density at radius 1 is 0.768 bits per heavy atom. The van der Waals surface area contributed by atoms with Gasteiger partial charge in [0.05, 0.1) is 73.9 Å². The Morgan fingerprint density at radius 3 is 2.07 bits per heavy atom. The Kier molecular flexibility index (Phi) is 26.7. The molecule has 22 heteroatoms. The molecule has 0 spiro atoms. The molecular formula is C60H105N3O19. The molecule has 5 saturated heterocycles. The quantitative estimate of drug-likeness (QED) is 0.0838. The number of oxime groups is 1. The summed E-state index contributed by atoms with van der Waals surface area (Å²) in [6.45, 7) is 32.0. The fourth-order valence-electron chi connectivity index (χ4n) is 12.6. The summed E-state index contributed by atoms with van der Waals surface area (Å²) >= 11 is 0. The van der Waals surface area contributed by atoms with E-state index in [-0.39, 0.29) is 69.7 Å². The van der Waals surface area contributed by atoms with Crippen molar-refractivity contribution in [1.82, 2.24) is 9.80 Å². The van der Waals surface area contributed by atoms with Gasteiger partial charge in [-0.15, -0.1) is 0 Å². The van der Waals surface area contributed by atoms with E-state index in [4.69, 9.17) is 61.7 Å². The van der Waals surface area contributed by atoms with E-state index in [0.717, 1.165) is 13.0 Å². The number of hydrogen-bond donors (Lipinski definition) is 2. The number of ether oxygens (including phenoxy) is 12. The van der Waals surface area contributed by atoms with Crippen molar-refractivity contribution in [3.8, 4) is 0 Å². The minimum atomic E-state index is -1.93. The lowest BCUT2D eigenvalue weighted by Gasteiger charge is -2.45. The van der Waals surface area contributed by atoms with Crippen molar-refractivity contribution in [3.05, 3.63) is 0 Å². The van der Waals surface area contributed by atoms with Crippen LogP contribution in [0.25, 0.3) is 0 Å². The third-order valence-corrected chi connectivity index (χ3v) is 17.2. The lowest BCUT2D eigenvalue weighted by Crippen LogP contribution is -2.59. The number of carbonyl (C=O) groups excluding carboxylic acids is 4. The van der Waals surface area contributed by atoms with Crippen LogP contribution in [-0.4, -0.2) is 214 Å². The van der Waals surface area contributed by atoms with E-state index in [1.807, 2.05) is 55.4 Å². The third-order valence-electron chi connectivity index (χ3n) is 17.2. The van der Waals surface area contributed by atoms with Gasteiger partial charge in [0.2, 0.25) is 0 Å². The molecule has 5 aliphatic rings. The molecule has 0 aromatic heterocycles. The van der Waals surface area contributed by atoms with Crippen LogP contribution in [-0.2, 0) is 76.1 Å². The summed E-state index contributed by atoms with van der Waals surface area (Å²) in [5.41, 5.74) is -1.64. The van der Waals surface area contributed by atoms with Crippen molar-refractivity contribution in [1.29, 1.82) is 0 Å². The van der Waals surface area contributed by atoms with Gasteiger partial charge in [0.15, 0.2) is 30.3 Å². The maximum absolute atomic E-state index is 16.0. The summed E-state index contributed by atoms with van der Waals surface area (Å²) in [6.07, 6.45) is -12.6. The minimum Gasteiger partial charge on any atom is -0.461 e. The molecule has 5 rings (SSSR count). The van der Waals surface area contributed by atoms with Crippen LogP contribution in [0.4, 0.5) is 4.79 Å². The summed E-state index contributed by atoms with van der Waals surface area (Å²) in [4.78, 5) is 69.2. The number of rotatable bonds is 18. The number of aliphatic hydroxyl groups excluding tert-OH is 2. The SMILES string of the molecule is CO/N=C1\C[C@@H](C)O[C@@H](O[C@@H]2[C@@H](C)[C@H](O[C@H]3CC(C)N(CCC(C)C)C[C@H](C)O3)[C@@H](C)C(=O)O[C@H]([C@@H](C)CO[C@@H]3O[C@H](C)[C@@H](O)[C@@H](OC)[C@H]3OC)[C@H](C)[C@@H](OC(=O)CC(C)C)[C@@H](C)C(=O)[C@@](C)(OC(=O)N3CCO[C@@H](C)C3)C[C@@H]2C)[C@@H]1O. The van der Waals surface area contributed by atoms with Crippen LogP contribution in [0, 0.1) is 47.3 Å². The highest BCUT2D eigenvalue weighted by atomic mass is 16.7. The Bertz CT molecular complexity index is 2050. The lowest BCUT2D eigenvalue weighted by molar-refractivity contribution is -0.305. The van der Waals surface area contributed by atoms with Crippen molar-refractivity contribution in [2.24, 2.45) is 52.5 Å². The smallest absolute Gasteiger partial charge is 0.410 e. The van der Waals surface area contributed by atoms with Crippen LogP contribution in [0.3, 0.4) is 0 Å². The number of nitrogens with zero attached hydrogens (tertiary/aromatic N) is 3. The number of ketones is 1. The van der Waals surface area contributed by atoms with Crippen LogP contribution in [0.1, 0.15) is 143 Å². The molecule has 23 atom stereocenters. The van der Waals surface area contributed by atoms with Crippen LogP contribution < -0.4 is 0 Å². The van der Waals surface area contributed by atoms with Crippen LogP contribution in [0.15, 0.2) is 5.16 Å². The van der Waals surface area contributed by atoms with Gasteiger partial charge in [-0.05, 0) is 85.6 Å². The van der Waals surface area contributed by atoms with Gasteiger partial charge in [-0.1, -0.05) is 67.5 Å². The minimum absolute atomic E-state index is 0.0152. The van der Waals surface area contributed by atoms with Gasteiger partial charge in [-0.25, -0.2) is 4.79 Å². The van der Waals surface area contributed by atoms with Gasteiger partial charge in [0.25, 0.3) is 0 Å². The number of morpholine rings is 1. The molecule has 5 heterocycles. The van der Waals surface area contributed by atoms with Crippen molar-refractivity contribution in [2.75, 3.05) is 60.7 Å². The number of methoxy groups -OCH3 is 2. The number of carbonyl (C=O) groups is 4. The van der Waals surface area contributed by atoms with E-state index >= 15 is 9.59 Å². The monoisotopic (exact) mass is 1170 g/mol. The van der Waals surface area contributed by atoms with Gasteiger partial charge in [-0.3, -0.25) is 19.3 Å². The number of esters is 2. The highest BCUT2D eigenvalue weighted by Gasteiger charge is 2.53. The van der Waals surface area contributed by atoms with Crippen LogP contribution in [0.2, 0.25) is 0 Å². The normalized spacial score (nSPS) is 40.7. The molecule has 5 fully saturated rings. The summed E-state index contributed by atoms with van der Waals surface area (Å²) in [5, 5.41) is 27.0. The van der Waals surface area contributed by atoms with Crippen molar-refractivity contribution < 1.29 is 91.1 Å².